The molecule has 2 aromatic rings. The zero-order valence-electron chi connectivity index (χ0n) is 20.1. The molecular formula is C27H34N2O5. The number of alkyl carbamates (subject to hydrolysis) is 1. The summed E-state index contributed by atoms with van der Waals surface area (Å²) in [4.78, 5) is 35.4. The van der Waals surface area contributed by atoms with Crippen LogP contribution in [0, 0.1) is 0 Å². The van der Waals surface area contributed by atoms with Crippen molar-refractivity contribution in [1.82, 2.24) is 10.6 Å². The van der Waals surface area contributed by atoms with Crippen molar-refractivity contribution in [3.05, 3.63) is 59.7 Å². The zero-order chi connectivity index (χ0) is 24.7. The summed E-state index contributed by atoms with van der Waals surface area (Å²) in [5, 5.41) is 14.5. The summed E-state index contributed by atoms with van der Waals surface area (Å²) in [5.41, 5.74) is 4.05. The van der Waals surface area contributed by atoms with Crippen LogP contribution < -0.4 is 10.6 Å². The van der Waals surface area contributed by atoms with E-state index in [2.05, 4.69) is 34.9 Å². The van der Waals surface area contributed by atoms with Crippen LogP contribution in [-0.2, 0) is 14.3 Å². The van der Waals surface area contributed by atoms with E-state index >= 15 is 0 Å². The molecule has 2 amide bonds. The van der Waals surface area contributed by atoms with E-state index in [-0.39, 0.29) is 37.3 Å². The van der Waals surface area contributed by atoms with Crippen LogP contribution in [-0.4, -0.2) is 41.3 Å². The molecule has 34 heavy (non-hydrogen) atoms. The first kappa shape index (κ1) is 25.3. The van der Waals surface area contributed by atoms with Gasteiger partial charge in [0.1, 0.15) is 6.61 Å². The maximum Gasteiger partial charge on any atom is 0.407 e. The van der Waals surface area contributed by atoms with E-state index in [9.17, 15) is 14.4 Å². The Morgan fingerprint density at radius 2 is 1.59 bits per heavy atom. The van der Waals surface area contributed by atoms with Crippen molar-refractivity contribution < 1.29 is 24.2 Å². The van der Waals surface area contributed by atoms with E-state index < -0.39 is 17.6 Å². The first-order chi connectivity index (χ1) is 16.2. The lowest BCUT2D eigenvalue weighted by molar-refractivity contribution is -0.137. The van der Waals surface area contributed by atoms with Gasteiger partial charge in [0.05, 0.1) is 0 Å². The summed E-state index contributed by atoms with van der Waals surface area (Å²) < 4.78 is 5.61. The minimum absolute atomic E-state index is 0.00495. The van der Waals surface area contributed by atoms with E-state index in [1.54, 1.807) is 0 Å². The van der Waals surface area contributed by atoms with Gasteiger partial charge in [0, 0.05) is 30.3 Å². The Morgan fingerprint density at radius 1 is 1.00 bits per heavy atom. The summed E-state index contributed by atoms with van der Waals surface area (Å²) in [6.07, 6.45) is 1.42. The molecule has 0 radical (unpaired) electrons. The molecule has 1 unspecified atom stereocenters. The molecule has 0 bridgehead atoms. The van der Waals surface area contributed by atoms with Gasteiger partial charge in [0.2, 0.25) is 5.91 Å². The molecule has 0 heterocycles. The van der Waals surface area contributed by atoms with E-state index in [0.29, 0.717) is 19.3 Å². The van der Waals surface area contributed by atoms with Crippen LogP contribution in [0.3, 0.4) is 0 Å². The van der Waals surface area contributed by atoms with E-state index in [4.69, 9.17) is 9.84 Å². The number of carboxylic acid groups (broad SMARTS) is 1. The highest BCUT2D eigenvalue weighted by atomic mass is 16.5. The standard InChI is InChI=1S/C27H34N2O5/c1-18(9-8-14-25(31)32)28-24(30)15-16-27(2,3)29-26(33)34-17-23-21-12-6-4-10-19(21)20-11-5-7-13-22(20)23/h4-7,10-13,18,23H,8-9,14-17H2,1-3H3,(H,28,30)(H,29,33)(H,31,32). The maximum atomic E-state index is 12.6. The molecule has 3 N–H and O–H groups in total. The fraction of sp³-hybridized carbons (Fsp3) is 0.444. The molecule has 1 aliphatic carbocycles. The Morgan fingerprint density at radius 3 is 2.18 bits per heavy atom. The summed E-state index contributed by atoms with van der Waals surface area (Å²) in [5.74, 6) is -0.959. The lowest BCUT2D eigenvalue weighted by Gasteiger charge is -2.26. The van der Waals surface area contributed by atoms with Crippen LogP contribution >= 0.6 is 0 Å². The van der Waals surface area contributed by atoms with Crippen molar-refractivity contribution in [1.29, 1.82) is 0 Å². The molecule has 0 aliphatic heterocycles. The van der Waals surface area contributed by atoms with E-state index in [1.165, 1.54) is 11.1 Å². The quantitative estimate of drug-likeness (QED) is 0.439. The number of amides is 2. The molecule has 7 nitrogen and oxygen atoms in total. The van der Waals surface area contributed by atoms with Crippen LogP contribution in [0.25, 0.3) is 11.1 Å². The van der Waals surface area contributed by atoms with Crippen LogP contribution in [0.2, 0.25) is 0 Å². The van der Waals surface area contributed by atoms with Crippen molar-refractivity contribution in [3.63, 3.8) is 0 Å². The van der Waals surface area contributed by atoms with Crippen LogP contribution in [0.1, 0.15) is 69.9 Å². The summed E-state index contributed by atoms with van der Waals surface area (Å²) in [6.45, 7) is 5.82. The Kier molecular flexibility index (Phi) is 8.31. The summed E-state index contributed by atoms with van der Waals surface area (Å²) in [6, 6.07) is 16.3. The monoisotopic (exact) mass is 466 g/mol. The van der Waals surface area contributed by atoms with E-state index in [0.717, 1.165) is 11.1 Å². The second-order valence-corrected chi connectivity index (χ2v) is 9.59. The first-order valence-corrected chi connectivity index (χ1v) is 11.8. The highest BCUT2D eigenvalue weighted by Crippen LogP contribution is 2.44. The van der Waals surface area contributed by atoms with Gasteiger partial charge in [-0.2, -0.15) is 0 Å². The third kappa shape index (κ3) is 6.83. The first-order valence-electron chi connectivity index (χ1n) is 11.8. The Hall–Kier alpha value is -3.35. The van der Waals surface area contributed by atoms with Crippen molar-refractivity contribution in [2.75, 3.05) is 6.61 Å². The number of hydrogen-bond acceptors (Lipinski definition) is 4. The van der Waals surface area contributed by atoms with Gasteiger partial charge in [-0.15, -0.1) is 0 Å². The smallest absolute Gasteiger partial charge is 0.407 e. The second kappa shape index (κ2) is 11.2. The highest BCUT2D eigenvalue weighted by Gasteiger charge is 2.30. The number of fused-ring (bicyclic) bond motifs is 3. The third-order valence-corrected chi connectivity index (χ3v) is 6.20. The van der Waals surface area contributed by atoms with Gasteiger partial charge in [-0.1, -0.05) is 48.5 Å². The topological polar surface area (TPSA) is 105 Å². The minimum Gasteiger partial charge on any atom is -0.481 e. The van der Waals surface area contributed by atoms with Gasteiger partial charge in [0.15, 0.2) is 0 Å². The lowest BCUT2D eigenvalue weighted by atomic mass is 9.98. The van der Waals surface area contributed by atoms with Crippen LogP contribution in [0.15, 0.2) is 48.5 Å². The predicted octanol–water partition coefficient (Wildman–Crippen LogP) is 4.84. The molecule has 0 fully saturated rings. The molecule has 2 aromatic carbocycles. The van der Waals surface area contributed by atoms with Crippen molar-refractivity contribution >= 4 is 18.0 Å². The number of rotatable bonds is 11. The van der Waals surface area contributed by atoms with E-state index in [1.807, 2.05) is 45.0 Å². The molecule has 0 saturated heterocycles. The van der Waals surface area contributed by atoms with Gasteiger partial charge in [-0.05, 0) is 62.3 Å². The maximum absolute atomic E-state index is 12.6. The second-order valence-electron chi connectivity index (χ2n) is 9.59. The van der Waals surface area contributed by atoms with Gasteiger partial charge in [-0.25, -0.2) is 4.79 Å². The number of carbonyl (C=O) groups is 3. The van der Waals surface area contributed by atoms with Crippen LogP contribution in [0.5, 0.6) is 0 Å². The molecule has 1 aliphatic rings. The third-order valence-electron chi connectivity index (χ3n) is 6.20. The lowest BCUT2D eigenvalue weighted by Crippen LogP contribution is -2.45. The number of aliphatic carboxylic acids is 1. The molecule has 0 aromatic heterocycles. The molecular weight excluding hydrogens is 432 g/mol. The summed E-state index contributed by atoms with van der Waals surface area (Å²) in [7, 11) is 0. The normalized spacial score (nSPS) is 13.5. The molecule has 3 rings (SSSR count). The fourth-order valence-corrected chi connectivity index (χ4v) is 4.38. The Labute approximate surface area is 200 Å². The SMILES string of the molecule is CC(CCCC(=O)O)NC(=O)CCC(C)(C)NC(=O)OCC1c2ccccc2-c2ccccc21. The molecule has 182 valence electrons. The Bertz CT molecular complexity index is 988. The van der Waals surface area contributed by atoms with Crippen LogP contribution in [0.4, 0.5) is 4.79 Å². The van der Waals surface area contributed by atoms with Crippen molar-refractivity contribution in [2.24, 2.45) is 0 Å². The number of ether oxygens (including phenoxy) is 1. The predicted molar refractivity (Wildman–Crippen MR) is 131 cm³/mol. The molecule has 0 spiro atoms. The highest BCUT2D eigenvalue weighted by molar-refractivity contribution is 5.79. The van der Waals surface area contributed by atoms with Gasteiger partial charge < -0.3 is 20.5 Å². The number of carbonyl (C=O) groups excluding carboxylic acids is 2. The number of hydrogen-bond donors (Lipinski definition) is 3. The van der Waals surface area contributed by atoms with Crippen molar-refractivity contribution in [3.8, 4) is 11.1 Å². The van der Waals surface area contributed by atoms with Gasteiger partial charge in [0.25, 0.3) is 0 Å². The average Bonchev–Trinajstić information content (AvgIpc) is 3.10. The molecule has 1 atom stereocenters. The zero-order valence-corrected chi connectivity index (χ0v) is 20.1. The van der Waals surface area contributed by atoms with Gasteiger partial charge >= 0.3 is 12.1 Å². The average molecular weight is 467 g/mol. The number of benzene rings is 2. The summed E-state index contributed by atoms with van der Waals surface area (Å²) >= 11 is 0. The molecule has 0 saturated carbocycles. The van der Waals surface area contributed by atoms with Crippen molar-refractivity contribution in [2.45, 2.75) is 70.4 Å². The van der Waals surface area contributed by atoms with Gasteiger partial charge in [-0.3, -0.25) is 9.59 Å². The fourth-order valence-electron chi connectivity index (χ4n) is 4.38. The largest absolute Gasteiger partial charge is 0.481 e. The Balaban J connectivity index is 1.45. The number of nitrogens with one attached hydrogen (secondary N) is 2. The number of carboxylic acids is 1. The molecule has 7 heteroatoms. The minimum atomic E-state index is -0.834.